The molecule has 1 heterocycles. The Kier molecular flexibility index (Phi) is 6.24. The summed E-state index contributed by atoms with van der Waals surface area (Å²) in [6.45, 7) is 7.13. The van der Waals surface area contributed by atoms with Crippen LogP contribution in [0.4, 0.5) is 0 Å². The minimum Gasteiger partial charge on any atom is -0.466 e. The van der Waals surface area contributed by atoms with Gasteiger partial charge in [0.05, 0.1) is 12.5 Å². The first-order chi connectivity index (χ1) is 12.7. The zero-order valence-electron chi connectivity index (χ0n) is 15.6. The third-order valence-corrected chi connectivity index (χ3v) is 4.94. The van der Waals surface area contributed by atoms with Crippen LogP contribution < -0.4 is 0 Å². The fourth-order valence-electron chi connectivity index (χ4n) is 3.41. The second kappa shape index (κ2) is 8.81. The SMILES string of the molecule is CCOC(=O)C(C)c1ccc(C2C=CCN(Cc3ccccc3)C2)cc1. The molecule has 0 bridgehead atoms. The number of nitrogens with zero attached hydrogens (tertiary/aromatic N) is 1. The Morgan fingerprint density at radius 1 is 1.15 bits per heavy atom. The average molecular weight is 349 g/mol. The van der Waals surface area contributed by atoms with Crippen molar-refractivity contribution in [2.45, 2.75) is 32.2 Å². The van der Waals surface area contributed by atoms with Gasteiger partial charge in [0.25, 0.3) is 0 Å². The number of ether oxygens (including phenoxy) is 1. The van der Waals surface area contributed by atoms with E-state index < -0.39 is 0 Å². The van der Waals surface area contributed by atoms with Crippen molar-refractivity contribution in [3.05, 3.63) is 83.4 Å². The summed E-state index contributed by atoms with van der Waals surface area (Å²) in [5.74, 6) is 0.00624. The Bertz CT molecular complexity index is 737. The predicted octanol–water partition coefficient (Wildman–Crippen LogP) is 4.51. The van der Waals surface area contributed by atoms with Crippen molar-refractivity contribution in [3.8, 4) is 0 Å². The number of hydrogen-bond acceptors (Lipinski definition) is 3. The Hall–Kier alpha value is -2.39. The first-order valence-corrected chi connectivity index (χ1v) is 9.36. The molecular weight excluding hydrogens is 322 g/mol. The minimum absolute atomic E-state index is 0.160. The zero-order chi connectivity index (χ0) is 18.4. The molecule has 3 heteroatoms. The number of carbonyl (C=O) groups is 1. The highest BCUT2D eigenvalue weighted by Crippen LogP contribution is 2.25. The fourth-order valence-corrected chi connectivity index (χ4v) is 3.41. The van der Waals surface area contributed by atoms with Crippen LogP contribution in [0, 0.1) is 0 Å². The van der Waals surface area contributed by atoms with E-state index in [-0.39, 0.29) is 11.9 Å². The number of rotatable bonds is 6. The molecule has 0 radical (unpaired) electrons. The molecule has 1 aliphatic heterocycles. The minimum atomic E-state index is -0.222. The van der Waals surface area contributed by atoms with E-state index >= 15 is 0 Å². The molecule has 3 rings (SSSR count). The van der Waals surface area contributed by atoms with Crippen molar-refractivity contribution < 1.29 is 9.53 Å². The van der Waals surface area contributed by atoms with Crippen molar-refractivity contribution in [1.82, 2.24) is 4.90 Å². The standard InChI is InChI=1S/C23H27NO2/c1-3-26-23(25)18(2)20-11-13-21(14-12-20)22-10-7-15-24(17-22)16-19-8-5-4-6-9-19/h4-14,18,22H,3,15-17H2,1-2H3. The molecule has 0 fully saturated rings. The maximum absolute atomic E-state index is 11.9. The van der Waals surface area contributed by atoms with Crippen LogP contribution in [0.2, 0.25) is 0 Å². The quantitative estimate of drug-likeness (QED) is 0.568. The van der Waals surface area contributed by atoms with Crippen molar-refractivity contribution in [2.24, 2.45) is 0 Å². The molecule has 0 saturated carbocycles. The van der Waals surface area contributed by atoms with Crippen molar-refractivity contribution in [3.63, 3.8) is 0 Å². The normalized spacial score (nSPS) is 18.5. The topological polar surface area (TPSA) is 29.5 Å². The third kappa shape index (κ3) is 4.61. The summed E-state index contributed by atoms with van der Waals surface area (Å²) in [4.78, 5) is 14.4. The lowest BCUT2D eigenvalue weighted by molar-refractivity contribution is -0.144. The van der Waals surface area contributed by atoms with Gasteiger partial charge in [0.15, 0.2) is 0 Å². The van der Waals surface area contributed by atoms with Crippen molar-refractivity contribution >= 4 is 5.97 Å². The zero-order valence-corrected chi connectivity index (χ0v) is 15.6. The number of carbonyl (C=O) groups excluding carboxylic acids is 1. The molecule has 2 aromatic carbocycles. The summed E-state index contributed by atoms with van der Waals surface area (Å²) in [5.41, 5.74) is 3.65. The monoisotopic (exact) mass is 349 g/mol. The molecule has 0 amide bonds. The van der Waals surface area contributed by atoms with Crippen molar-refractivity contribution in [1.29, 1.82) is 0 Å². The van der Waals surface area contributed by atoms with E-state index in [4.69, 9.17) is 4.74 Å². The van der Waals surface area contributed by atoms with E-state index in [0.29, 0.717) is 12.5 Å². The highest BCUT2D eigenvalue weighted by molar-refractivity contribution is 5.77. The van der Waals surface area contributed by atoms with Crippen LogP contribution in [0.1, 0.15) is 42.4 Å². The van der Waals surface area contributed by atoms with Gasteiger partial charge in [0.2, 0.25) is 0 Å². The van der Waals surface area contributed by atoms with Gasteiger partial charge in [0, 0.05) is 25.6 Å². The molecule has 0 spiro atoms. The molecule has 136 valence electrons. The molecule has 0 aliphatic carbocycles. The Balaban J connectivity index is 1.64. The maximum Gasteiger partial charge on any atom is 0.313 e. The summed E-state index contributed by atoms with van der Waals surface area (Å²) in [7, 11) is 0. The molecule has 26 heavy (non-hydrogen) atoms. The van der Waals surface area contributed by atoms with E-state index in [1.807, 2.05) is 13.8 Å². The highest BCUT2D eigenvalue weighted by Gasteiger charge is 2.19. The summed E-state index contributed by atoms with van der Waals surface area (Å²) in [6.07, 6.45) is 4.55. The first kappa shape index (κ1) is 18.4. The van der Waals surface area contributed by atoms with Crippen LogP contribution in [0.15, 0.2) is 66.7 Å². The van der Waals surface area contributed by atoms with Gasteiger partial charge in [-0.25, -0.2) is 0 Å². The maximum atomic E-state index is 11.9. The fraction of sp³-hybridized carbons (Fsp3) is 0.348. The van der Waals surface area contributed by atoms with Crippen molar-refractivity contribution in [2.75, 3.05) is 19.7 Å². The first-order valence-electron chi connectivity index (χ1n) is 9.36. The Labute approximate surface area is 156 Å². The second-order valence-corrected chi connectivity index (χ2v) is 6.85. The lowest BCUT2D eigenvalue weighted by Gasteiger charge is -2.29. The van der Waals surface area contributed by atoms with E-state index in [0.717, 1.165) is 25.2 Å². The summed E-state index contributed by atoms with van der Waals surface area (Å²) >= 11 is 0. The lowest BCUT2D eigenvalue weighted by Crippen LogP contribution is -2.31. The van der Waals surface area contributed by atoms with Gasteiger partial charge in [0.1, 0.15) is 0 Å². The van der Waals surface area contributed by atoms with Gasteiger partial charge in [-0.2, -0.15) is 0 Å². The van der Waals surface area contributed by atoms with Gasteiger partial charge in [-0.05, 0) is 30.5 Å². The van der Waals surface area contributed by atoms with Crippen LogP contribution in [0.3, 0.4) is 0 Å². The van der Waals surface area contributed by atoms with Gasteiger partial charge >= 0.3 is 5.97 Å². The largest absolute Gasteiger partial charge is 0.466 e. The number of esters is 1. The Morgan fingerprint density at radius 3 is 2.58 bits per heavy atom. The van der Waals surface area contributed by atoms with Crippen LogP contribution >= 0.6 is 0 Å². The second-order valence-electron chi connectivity index (χ2n) is 6.85. The summed E-state index contributed by atoms with van der Waals surface area (Å²) < 4.78 is 5.12. The van der Waals surface area contributed by atoms with Crippen LogP contribution in [-0.4, -0.2) is 30.6 Å². The van der Waals surface area contributed by atoms with E-state index in [2.05, 4.69) is 71.6 Å². The number of hydrogen-bond donors (Lipinski definition) is 0. The molecule has 0 aromatic heterocycles. The van der Waals surface area contributed by atoms with Crippen LogP contribution in [-0.2, 0) is 16.1 Å². The summed E-state index contributed by atoms with van der Waals surface area (Å²) in [6, 6.07) is 19.0. The van der Waals surface area contributed by atoms with E-state index in [9.17, 15) is 4.79 Å². The molecule has 2 unspecified atom stereocenters. The summed E-state index contributed by atoms with van der Waals surface area (Å²) in [5, 5.41) is 0. The Morgan fingerprint density at radius 2 is 1.88 bits per heavy atom. The van der Waals surface area contributed by atoms with Gasteiger partial charge < -0.3 is 4.74 Å². The molecular formula is C23H27NO2. The van der Waals surface area contributed by atoms with Crippen LogP contribution in [0.5, 0.6) is 0 Å². The van der Waals surface area contributed by atoms with E-state index in [1.54, 1.807) is 0 Å². The molecule has 0 saturated heterocycles. The third-order valence-electron chi connectivity index (χ3n) is 4.94. The smallest absolute Gasteiger partial charge is 0.313 e. The van der Waals surface area contributed by atoms with Gasteiger partial charge in [-0.1, -0.05) is 66.7 Å². The molecule has 0 N–H and O–H groups in total. The molecule has 2 atom stereocenters. The lowest BCUT2D eigenvalue weighted by atomic mass is 9.92. The van der Waals surface area contributed by atoms with E-state index in [1.165, 1.54) is 11.1 Å². The highest BCUT2D eigenvalue weighted by atomic mass is 16.5. The molecule has 2 aromatic rings. The predicted molar refractivity (Wildman–Crippen MR) is 105 cm³/mol. The van der Waals surface area contributed by atoms with Crippen LogP contribution in [0.25, 0.3) is 0 Å². The van der Waals surface area contributed by atoms with Gasteiger partial charge in [-0.3, -0.25) is 9.69 Å². The number of benzene rings is 2. The molecule has 3 nitrogen and oxygen atoms in total. The molecule has 1 aliphatic rings. The van der Waals surface area contributed by atoms with Gasteiger partial charge in [-0.15, -0.1) is 0 Å². The average Bonchev–Trinajstić information content (AvgIpc) is 2.69.